The maximum absolute atomic E-state index is 10.3. The number of rotatable bonds is 5. The van der Waals surface area contributed by atoms with Gasteiger partial charge >= 0.3 is 6.09 Å². The highest BCUT2D eigenvalue weighted by molar-refractivity contribution is 5.64. The predicted octanol–water partition coefficient (Wildman–Crippen LogP) is 1.42. The van der Waals surface area contributed by atoms with Gasteiger partial charge in [0.25, 0.3) is 0 Å². The first-order valence-corrected chi connectivity index (χ1v) is 5.20. The van der Waals surface area contributed by atoms with E-state index in [4.69, 9.17) is 5.11 Å². The highest BCUT2D eigenvalue weighted by Crippen LogP contribution is 2.20. The van der Waals surface area contributed by atoms with Gasteiger partial charge in [-0.25, -0.2) is 4.79 Å². The van der Waals surface area contributed by atoms with Crippen LogP contribution in [0.1, 0.15) is 33.1 Å². The van der Waals surface area contributed by atoms with E-state index in [2.05, 4.69) is 24.5 Å². The number of carboxylic acid groups (broad SMARTS) is 1. The second-order valence-electron chi connectivity index (χ2n) is 4.83. The van der Waals surface area contributed by atoms with Crippen molar-refractivity contribution in [3.05, 3.63) is 0 Å². The maximum Gasteiger partial charge on any atom is 0.404 e. The van der Waals surface area contributed by atoms with Crippen molar-refractivity contribution in [2.75, 3.05) is 13.1 Å². The number of nitrogens with one attached hydrogen (secondary N) is 2. The molecule has 1 aliphatic carbocycles. The summed E-state index contributed by atoms with van der Waals surface area (Å²) < 4.78 is 0. The van der Waals surface area contributed by atoms with Crippen LogP contribution in [0.15, 0.2) is 0 Å². The molecule has 0 saturated heterocycles. The van der Waals surface area contributed by atoms with Crippen LogP contribution in [0.25, 0.3) is 0 Å². The highest BCUT2D eigenvalue weighted by Gasteiger charge is 2.23. The molecule has 0 radical (unpaired) electrons. The zero-order chi connectivity index (χ0) is 10.6. The monoisotopic (exact) mass is 200 g/mol. The third kappa shape index (κ3) is 3.96. The van der Waals surface area contributed by atoms with Gasteiger partial charge < -0.3 is 15.7 Å². The van der Waals surface area contributed by atoms with Crippen molar-refractivity contribution >= 4 is 6.09 Å². The summed E-state index contributed by atoms with van der Waals surface area (Å²) in [6.45, 7) is 5.50. The molecular weight excluding hydrogens is 180 g/mol. The molecule has 1 aliphatic rings. The van der Waals surface area contributed by atoms with Crippen LogP contribution in [0.2, 0.25) is 0 Å². The molecular formula is C10H20N2O2. The Morgan fingerprint density at radius 2 is 2.07 bits per heavy atom. The summed E-state index contributed by atoms with van der Waals surface area (Å²) in [4.78, 5) is 10.3. The summed E-state index contributed by atoms with van der Waals surface area (Å²) in [6.07, 6.45) is 2.91. The molecule has 0 aromatic carbocycles. The van der Waals surface area contributed by atoms with E-state index in [1.807, 2.05) is 0 Å². The van der Waals surface area contributed by atoms with Gasteiger partial charge in [0.2, 0.25) is 0 Å². The Bertz CT molecular complexity index is 200. The lowest BCUT2D eigenvalue weighted by Gasteiger charge is -2.32. The lowest BCUT2D eigenvalue weighted by Crippen LogP contribution is -2.45. The van der Waals surface area contributed by atoms with Crippen molar-refractivity contribution < 1.29 is 9.90 Å². The van der Waals surface area contributed by atoms with E-state index in [-0.39, 0.29) is 5.41 Å². The first-order chi connectivity index (χ1) is 6.49. The van der Waals surface area contributed by atoms with Crippen LogP contribution < -0.4 is 10.6 Å². The molecule has 0 aromatic rings. The number of carbonyl (C=O) groups is 1. The van der Waals surface area contributed by atoms with Crippen LogP contribution >= 0.6 is 0 Å². The minimum atomic E-state index is -0.943. The molecule has 0 spiro atoms. The van der Waals surface area contributed by atoms with Crippen molar-refractivity contribution in [2.24, 2.45) is 5.41 Å². The molecule has 4 heteroatoms. The molecule has 1 fully saturated rings. The quantitative estimate of drug-likeness (QED) is 0.629. The normalized spacial score (nSPS) is 17.6. The minimum absolute atomic E-state index is 0.00597. The first-order valence-electron chi connectivity index (χ1n) is 5.20. The van der Waals surface area contributed by atoms with Crippen LogP contribution in [-0.4, -0.2) is 30.3 Å². The molecule has 1 saturated carbocycles. The van der Waals surface area contributed by atoms with Crippen molar-refractivity contribution in [3.8, 4) is 0 Å². The Balaban J connectivity index is 2.14. The van der Waals surface area contributed by atoms with Gasteiger partial charge in [-0.2, -0.15) is 0 Å². The molecule has 1 amide bonds. The third-order valence-corrected chi connectivity index (χ3v) is 2.69. The highest BCUT2D eigenvalue weighted by atomic mass is 16.4. The van der Waals surface area contributed by atoms with Crippen molar-refractivity contribution in [3.63, 3.8) is 0 Å². The van der Waals surface area contributed by atoms with Gasteiger partial charge in [0.15, 0.2) is 0 Å². The topological polar surface area (TPSA) is 61.4 Å². The average Bonchev–Trinajstić information content (AvgIpc) is 1.98. The Kier molecular flexibility index (Phi) is 3.75. The van der Waals surface area contributed by atoms with Crippen molar-refractivity contribution in [1.82, 2.24) is 10.6 Å². The lowest BCUT2D eigenvalue weighted by atomic mass is 9.89. The van der Waals surface area contributed by atoms with Crippen LogP contribution in [0.3, 0.4) is 0 Å². The fourth-order valence-corrected chi connectivity index (χ4v) is 1.41. The smallest absolute Gasteiger partial charge is 0.404 e. The van der Waals surface area contributed by atoms with Gasteiger partial charge in [0.05, 0.1) is 0 Å². The fraction of sp³-hybridized carbons (Fsp3) is 0.900. The maximum atomic E-state index is 10.3. The summed E-state index contributed by atoms with van der Waals surface area (Å²) in [6, 6.07) is 0.666. The summed E-state index contributed by atoms with van der Waals surface area (Å²) in [5.41, 5.74) is -0.00597. The van der Waals surface area contributed by atoms with E-state index < -0.39 is 6.09 Å². The molecule has 0 aliphatic heterocycles. The Hall–Kier alpha value is -0.770. The van der Waals surface area contributed by atoms with Gasteiger partial charge in [-0.3, -0.25) is 0 Å². The number of amides is 1. The van der Waals surface area contributed by atoms with Crippen LogP contribution in [0, 0.1) is 5.41 Å². The Labute approximate surface area is 85.1 Å². The second kappa shape index (κ2) is 4.64. The van der Waals surface area contributed by atoms with Crippen LogP contribution in [0.4, 0.5) is 4.79 Å². The summed E-state index contributed by atoms with van der Waals surface area (Å²) in [5.74, 6) is 0. The van der Waals surface area contributed by atoms with Crippen molar-refractivity contribution in [2.45, 2.75) is 39.2 Å². The van der Waals surface area contributed by atoms with E-state index in [1.165, 1.54) is 19.3 Å². The lowest BCUT2D eigenvalue weighted by molar-refractivity contribution is 0.185. The SMILES string of the molecule is CC(C)(CNC(=O)O)CNC1CCC1. The van der Waals surface area contributed by atoms with Gasteiger partial charge in [0.1, 0.15) is 0 Å². The Morgan fingerprint density at radius 1 is 1.43 bits per heavy atom. The Morgan fingerprint density at radius 3 is 2.50 bits per heavy atom. The fourth-order valence-electron chi connectivity index (χ4n) is 1.41. The minimum Gasteiger partial charge on any atom is -0.465 e. The molecule has 1 rings (SSSR count). The molecule has 3 N–H and O–H groups in total. The zero-order valence-corrected chi connectivity index (χ0v) is 8.97. The number of hydrogen-bond acceptors (Lipinski definition) is 2. The molecule has 0 heterocycles. The molecule has 0 unspecified atom stereocenters. The molecule has 0 aromatic heterocycles. The number of hydrogen-bond donors (Lipinski definition) is 3. The third-order valence-electron chi connectivity index (χ3n) is 2.69. The first kappa shape index (κ1) is 11.3. The van der Waals surface area contributed by atoms with Crippen LogP contribution in [0.5, 0.6) is 0 Å². The zero-order valence-electron chi connectivity index (χ0n) is 8.97. The van der Waals surface area contributed by atoms with E-state index >= 15 is 0 Å². The van der Waals surface area contributed by atoms with E-state index in [1.54, 1.807) is 0 Å². The molecule has 4 nitrogen and oxygen atoms in total. The molecule has 0 bridgehead atoms. The summed E-state index contributed by atoms with van der Waals surface area (Å²) in [5, 5.41) is 14.4. The second-order valence-corrected chi connectivity index (χ2v) is 4.83. The molecule has 82 valence electrons. The standard InChI is InChI=1S/C10H20N2O2/c1-10(2,7-12-9(13)14)6-11-8-4-3-5-8/h8,11-12H,3-7H2,1-2H3,(H,13,14). The van der Waals surface area contributed by atoms with Gasteiger partial charge in [-0.15, -0.1) is 0 Å². The van der Waals surface area contributed by atoms with Crippen LogP contribution in [-0.2, 0) is 0 Å². The summed E-state index contributed by atoms with van der Waals surface area (Å²) >= 11 is 0. The van der Waals surface area contributed by atoms with E-state index in [0.717, 1.165) is 6.54 Å². The van der Waals surface area contributed by atoms with Crippen molar-refractivity contribution in [1.29, 1.82) is 0 Å². The summed E-state index contributed by atoms with van der Waals surface area (Å²) in [7, 11) is 0. The van der Waals surface area contributed by atoms with E-state index in [0.29, 0.717) is 12.6 Å². The van der Waals surface area contributed by atoms with Gasteiger partial charge in [0, 0.05) is 19.1 Å². The average molecular weight is 200 g/mol. The van der Waals surface area contributed by atoms with Gasteiger partial charge in [-0.1, -0.05) is 20.3 Å². The predicted molar refractivity (Wildman–Crippen MR) is 55.5 cm³/mol. The molecule has 0 atom stereocenters. The molecule has 14 heavy (non-hydrogen) atoms. The largest absolute Gasteiger partial charge is 0.465 e. The van der Waals surface area contributed by atoms with Gasteiger partial charge in [-0.05, 0) is 18.3 Å². The van der Waals surface area contributed by atoms with E-state index in [9.17, 15) is 4.79 Å².